The van der Waals surface area contributed by atoms with E-state index in [1.54, 1.807) is 14.2 Å². The summed E-state index contributed by atoms with van der Waals surface area (Å²) in [4.78, 5) is 14.6. The second kappa shape index (κ2) is 7.60. The maximum atomic E-state index is 12.7. The lowest BCUT2D eigenvalue weighted by Gasteiger charge is -2.25. The van der Waals surface area contributed by atoms with E-state index in [2.05, 4.69) is 24.3 Å². The van der Waals surface area contributed by atoms with Crippen molar-refractivity contribution in [1.29, 1.82) is 0 Å². The predicted octanol–water partition coefficient (Wildman–Crippen LogP) is 3.78. The van der Waals surface area contributed by atoms with E-state index in [4.69, 9.17) is 9.47 Å². The summed E-state index contributed by atoms with van der Waals surface area (Å²) in [6.07, 6.45) is 3.14. The molecule has 25 heavy (non-hydrogen) atoms. The summed E-state index contributed by atoms with van der Waals surface area (Å²) in [7, 11) is 5.20. The van der Waals surface area contributed by atoms with Crippen molar-refractivity contribution < 1.29 is 14.3 Å². The van der Waals surface area contributed by atoms with Crippen molar-refractivity contribution in [2.24, 2.45) is 0 Å². The molecule has 0 aromatic heterocycles. The fourth-order valence-corrected chi connectivity index (χ4v) is 3.61. The summed E-state index contributed by atoms with van der Waals surface area (Å²) in [6.45, 7) is 0. The molecule has 0 aliphatic heterocycles. The third-order valence-corrected chi connectivity index (χ3v) is 5.06. The Morgan fingerprint density at radius 3 is 2.72 bits per heavy atom. The van der Waals surface area contributed by atoms with E-state index in [-0.39, 0.29) is 11.9 Å². The van der Waals surface area contributed by atoms with E-state index in [0.29, 0.717) is 12.8 Å². The lowest BCUT2D eigenvalue weighted by atomic mass is 10.0. The summed E-state index contributed by atoms with van der Waals surface area (Å²) in [5.74, 6) is 1.73. The molecule has 1 aliphatic rings. The summed E-state index contributed by atoms with van der Waals surface area (Å²) in [5.41, 5.74) is 3.65. The summed E-state index contributed by atoms with van der Waals surface area (Å²) in [5, 5.41) is 0. The minimum atomic E-state index is 0.159. The van der Waals surface area contributed by atoms with Crippen molar-refractivity contribution in [3.63, 3.8) is 0 Å². The summed E-state index contributed by atoms with van der Waals surface area (Å²) < 4.78 is 10.7. The molecular weight excluding hydrogens is 314 g/mol. The van der Waals surface area contributed by atoms with Gasteiger partial charge in [0.2, 0.25) is 5.91 Å². The molecule has 0 heterocycles. The zero-order chi connectivity index (χ0) is 17.8. The zero-order valence-corrected chi connectivity index (χ0v) is 15.1. The number of fused-ring (bicyclic) bond motifs is 1. The summed E-state index contributed by atoms with van der Waals surface area (Å²) in [6, 6.07) is 14.3. The van der Waals surface area contributed by atoms with Gasteiger partial charge in [0, 0.05) is 13.5 Å². The first-order chi connectivity index (χ1) is 12.1. The third kappa shape index (κ3) is 3.63. The molecule has 132 valence electrons. The number of carbonyl (C=O) groups excluding carboxylic acids is 1. The van der Waals surface area contributed by atoms with Crippen LogP contribution < -0.4 is 9.47 Å². The first-order valence-corrected chi connectivity index (χ1v) is 8.68. The molecular formula is C21H25NO3. The third-order valence-electron chi connectivity index (χ3n) is 5.06. The van der Waals surface area contributed by atoms with Gasteiger partial charge in [0.05, 0.1) is 20.3 Å². The van der Waals surface area contributed by atoms with Crippen molar-refractivity contribution in [2.75, 3.05) is 21.3 Å². The summed E-state index contributed by atoms with van der Waals surface area (Å²) >= 11 is 0. The van der Waals surface area contributed by atoms with Crippen LogP contribution in [-0.4, -0.2) is 32.1 Å². The Balaban J connectivity index is 1.67. The van der Waals surface area contributed by atoms with Gasteiger partial charge in [-0.15, -0.1) is 0 Å². The SMILES string of the molecule is COc1ccc(OC)c(CCC(=O)N(C)C2CCc3ccccc32)c1. The first kappa shape index (κ1) is 17.3. The Hall–Kier alpha value is -2.49. The molecule has 0 saturated carbocycles. The molecule has 1 aliphatic carbocycles. The maximum absolute atomic E-state index is 12.7. The van der Waals surface area contributed by atoms with Gasteiger partial charge in [-0.25, -0.2) is 0 Å². The first-order valence-electron chi connectivity index (χ1n) is 8.68. The van der Waals surface area contributed by atoms with Gasteiger partial charge in [-0.3, -0.25) is 4.79 Å². The van der Waals surface area contributed by atoms with Crippen LogP contribution >= 0.6 is 0 Å². The van der Waals surface area contributed by atoms with Crippen LogP contribution in [0.2, 0.25) is 0 Å². The lowest BCUT2D eigenvalue weighted by molar-refractivity contribution is -0.132. The van der Waals surface area contributed by atoms with E-state index in [9.17, 15) is 4.79 Å². The number of nitrogens with zero attached hydrogens (tertiary/aromatic N) is 1. The Labute approximate surface area is 149 Å². The molecule has 2 aromatic carbocycles. The van der Waals surface area contributed by atoms with Gasteiger partial charge >= 0.3 is 0 Å². The quantitative estimate of drug-likeness (QED) is 0.804. The molecule has 1 unspecified atom stereocenters. The van der Waals surface area contributed by atoms with Gasteiger partial charge in [0.25, 0.3) is 0 Å². The number of hydrogen-bond acceptors (Lipinski definition) is 3. The van der Waals surface area contributed by atoms with Gasteiger partial charge < -0.3 is 14.4 Å². The van der Waals surface area contributed by atoms with E-state index in [0.717, 1.165) is 29.9 Å². The molecule has 2 aromatic rings. The maximum Gasteiger partial charge on any atom is 0.223 e. The van der Waals surface area contributed by atoms with E-state index >= 15 is 0 Å². The lowest BCUT2D eigenvalue weighted by Crippen LogP contribution is -2.30. The van der Waals surface area contributed by atoms with Crippen molar-refractivity contribution >= 4 is 5.91 Å². The van der Waals surface area contributed by atoms with Crippen LogP contribution in [0.5, 0.6) is 11.5 Å². The average Bonchev–Trinajstić information content (AvgIpc) is 3.09. The molecule has 0 radical (unpaired) electrons. The Kier molecular flexibility index (Phi) is 5.27. The average molecular weight is 339 g/mol. The van der Waals surface area contributed by atoms with Gasteiger partial charge in [-0.1, -0.05) is 24.3 Å². The highest BCUT2D eigenvalue weighted by Gasteiger charge is 2.28. The number of rotatable bonds is 6. The number of aryl methyl sites for hydroxylation is 2. The standard InChI is InChI=1S/C21H25NO3/c1-22(19-11-8-15-6-4-5-7-18(15)19)21(23)13-9-16-14-17(24-2)10-12-20(16)25-3/h4-7,10,12,14,19H,8-9,11,13H2,1-3H3. The molecule has 1 amide bonds. The van der Waals surface area contributed by atoms with E-state index in [1.807, 2.05) is 30.1 Å². The van der Waals surface area contributed by atoms with E-state index < -0.39 is 0 Å². The highest BCUT2D eigenvalue weighted by Crippen LogP contribution is 2.35. The molecule has 1 atom stereocenters. The Bertz CT molecular complexity index is 757. The van der Waals surface area contributed by atoms with Crippen LogP contribution in [0, 0.1) is 0 Å². The number of hydrogen-bond donors (Lipinski definition) is 0. The second-order valence-electron chi connectivity index (χ2n) is 6.44. The van der Waals surface area contributed by atoms with Crippen LogP contribution in [0.4, 0.5) is 0 Å². The Morgan fingerprint density at radius 2 is 1.96 bits per heavy atom. The Morgan fingerprint density at radius 1 is 1.16 bits per heavy atom. The van der Waals surface area contributed by atoms with Gasteiger partial charge in [0.1, 0.15) is 11.5 Å². The number of amides is 1. The van der Waals surface area contributed by atoms with Crippen molar-refractivity contribution in [1.82, 2.24) is 4.90 Å². The van der Waals surface area contributed by atoms with Gasteiger partial charge in [-0.2, -0.15) is 0 Å². The number of benzene rings is 2. The largest absolute Gasteiger partial charge is 0.497 e. The highest BCUT2D eigenvalue weighted by molar-refractivity contribution is 5.77. The van der Waals surface area contributed by atoms with Crippen LogP contribution in [0.1, 0.15) is 35.6 Å². The highest BCUT2D eigenvalue weighted by atomic mass is 16.5. The van der Waals surface area contributed by atoms with E-state index in [1.165, 1.54) is 11.1 Å². The molecule has 3 rings (SSSR count). The predicted molar refractivity (Wildman–Crippen MR) is 98.1 cm³/mol. The van der Waals surface area contributed by atoms with Crippen molar-refractivity contribution in [3.05, 3.63) is 59.2 Å². The molecule has 4 nitrogen and oxygen atoms in total. The van der Waals surface area contributed by atoms with Crippen LogP contribution in [0.15, 0.2) is 42.5 Å². The number of carbonyl (C=O) groups is 1. The van der Waals surface area contributed by atoms with Crippen molar-refractivity contribution in [2.45, 2.75) is 31.7 Å². The second-order valence-corrected chi connectivity index (χ2v) is 6.44. The van der Waals surface area contributed by atoms with Crippen LogP contribution in [0.3, 0.4) is 0 Å². The molecule has 0 bridgehead atoms. The zero-order valence-electron chi connectivity index (χ0n) is 15.1. The number of methoxy groups -OCH3 is 2. The van der Waals surface area contributed by atoms with Crippen LogP contribution in [-0.2, 0) is 17.6 Å². The molecule has 0 fully saturated rings. The minimum Gasteiger partial charge on any atom is -0.497 e. The number of ether oxygens (including phenoxy) is 2. The van der Waals surface area contributed by atoms with Crippen molar-refractivity contribution in [3.8, 4) is 11.5 Å². The topological polar surface area (TPSA) is 38.8 Å². The fourth-order valence-electron chi connectivity index (χ4n) is 3.61. The normalized spacial score (nSPS) is 15.6. The van der Waals surface area contributed by atoms with Crippen LogP contribution in [0.25, 0.3) is 0 Å². The van der Waals surface area contributed by atoms with Gasteiger partial charge in [-0.05, 0) is 54.2 Å². The molecule has 0 spiro atoms. The van der Waals surface area contributed by atoms with Gasteiger partial charge in [0.15, 0.2) is 0 Å². The monoisotopic (exact) mass is 339 g/mol. The minimum absolute atomic E-state index is 0.159. The molecule has 4 heteroatoms. The smallest absolute Gasteiger partial charge is 0.223 e. The molecule has 0 saturated heterocycles. The molecule has 0 N–H and O–H groups in total. The fraction of sp³-hybridized carbons (Fsp3) is 0.381.